The molecule has 0 bridgehead atoms. The molecule has 100 valence electrons. The van der Waals surface area contributed by atoms with Crippen LogP contribution in [0, 0.1) is 6.92 Å². The standard InChI is InChI=1S/C16H17BrO2/c1-10(2)19-13-6-4-12(5-7-13)14-8-9-15(18)16(17)11(14)3/h4-10,18H,1-3H3. The van der Waals surface area contributed by atoms with Crippen molar-refractivity contribution in [1.82, 2.24) is 0 Å². The van der Waals surface area contributed by atoms with E-state index in [1.165, 1.54) is 0 Å². The van der Waals surface area contributed by atoms with Crippen LogP contribution in [0.2, 0.25) is 0 Å². The molecule has 0 spiro atoms. The maximum atomic E-state index is 9.65. The van der Waals surface area contributed by atoms with Gasteiger partial charge in [-0.3, -0.25) is 0 Å². The molecule has 0 radical (unpaired) electrons. The minimum atomic E-state index is 0.176. The van der Waals surface area contributed by atoms with Crippen LogP contribution in [0.15, 0.2) is 40.9 Å². The van der Waals surface area contributed by atoms with Gasteiger partial charge in [-0.2, -0.15) is 0 Å². The van der Waals surface area contributed by atoms with Gasteiger partial charge in [0.25, 0.3) is 0 Å². The first-order valence-electron chi connectivity index (χ1n) is 6.24. The van der Waals surface area contributed by atoms with Crippen LogP contribution < -0.4 is 4.74 Å². The number of phenolic OH excluding ortho intramolecular Hbond substituents is 1. The normalized spacial score (nSPS) is 10.8. The highest BCUT2D eigenvalue weighted by Gasteiger charge is 2.08. The molecule has 2 aromatic carbocycles. The van der Waals surface area contributed by atoms with E-state index in [9.17, 15) is 5.11 Å². The summed E-state index contributed by atoms with van der Waals surface area (Å²) in [4.78, 5) is 0. The van der Waals surface area contributed by atoms with Crippen LogP contribution in [0.1, 0.15) is 19.4 Å². The molecule has 0 saturated heterocycles. The average Bonchev–Trinajstić information content (AvgIpc) is 2.37. The minimum Gasteiger partial charge on any atom is -0.507 e. The van der Waals surface area contributed by atoms with E-state index in [2.05, 4.69) is 15.9 Å². The fraction of sp³-hybridized carbons (Fsp3) is 0.250. The second-order valence-electron chi connectivity index (χ2n) is 4.76. The summed E-state index contributed by atoms with van der Waals surface area (Å²) in [5.74, 6) is 1.13. The summed E-state index contributed by atoms with van der Waals surface area (Å²) in [6, 6.07) is 11.6. The summed E-state index contributed by atoms with van der Waals surface area (Å²) in [6.45, 7) is 6.00. The third-order valence-electron chi connectivity index (χ3n) is 2.90. The van der Waals surface area contributed by atoms with Crippen LogP contribution in [-0.2, 0) is 0 Å². The molecule has 0 atom stereocenters. The molecule has 2 rings (SSSR count). The number of aromatic hydroxyl groups is 1. The highest BCUT2D eigenvalue weighted by atomic mass is 79.9. The molecule has 0 aliphatic carbocycles. The molecule has 1 N–H and O–H groups in total. The smallest absolute Gasteiger partial charge is 0.130 e. The van der Waals surface area contributed by atoms with Gasteiger partial charge in [0.05, 0.1) is 10.6 Å². The molecule has 0 unspecified atom stereocenters. The van der Waals surface area contributed by atoms with Crippen LogP contribution in [-0.4, -0.2) is 11.2 Å². The Bertz CT molecular complexity index is 574. The van der Waals surface area contributed by atoms with Crippen molar-refractivity contribution >= 4 is 15.9 Å². The molecule has 0 amide bonds. The third kappa shape index (κ3) is 3.10. The van der Waals surface area contributed by atoms with Gasteiger partial charge in [-0.1, -0.05) is 18.2 Å². The number of rotatable bonds is 3. The first kappa shape index (κ1) is 13.9. The van der Waals surface area contributed by atoms with E-state index >= 15 is 0 Å². The number of phenols is 1. The molecule has 2 nitrogen and oxygen atoms in total. The number of halogens is 1. The van der Waals surface area contributed by atoms with Crippen LogP contribution in [0.4, 0.5) is 0 Å². The Hall–Kier alpha value is -1.48. The van der Waals surface area contributed by atoms with Crippen LogP contribution in [0.25, 0.3) is 11.1 Å². The highest BCUT2D eigenvalue weighted by Crippen LogP contribution is 2.35. The molecule has 2 aromatic rings. The summed E-state index contributed by atoms with van der Waals surface area (Å²) in [7, 11) is 0. The fourth-order valence-corrected chi connectivity index (χ4v) is 2.31. The van der Waals surface area contributed by atoms with Gasteiger partial charge in [0.1, 0.15) is 11.5 Å². The molecule has 0 aliphatic heterocycles. The molecular formula is C16H17BrO2. The van der Waals surface area contributed by atoms with E-state index in [4.69, 9.17) is 4.74 Å². The lowest BCUT2D eigenvalue weighted by atomic mass is 10.0. The van der Waals surface area contributed by atoms with Crippen molar-refractivity contribution in [3.63, 3.8) is 0 Å². The van der Waals surface area contributed by atoms with Crippen molar-refractivity contribution in [2.45, 2.75) is 26.9 Å². The largest absolute Gasteiger partial charge is 0.507 e. The van der Waals surface area contributed by atoms with Gasteiger partial charge in [0.15, 0.2) is 0 Å². The fourth-order valence-electron chi connectivity index (χ4n) is 1.97. The Kier molecular flexibility index (Phi) is 4.15. The SMILES string of the molecule is Cc1c(-c2ccc(OC(C)C)cc2)ccc(O)c1Br. The van der Waals surface area contributed by atoms with Crippen molar-refractivity contribution in [2.24, 2.45) is 0 Å². The maximum absolute atomic E-state index is 9.65. The van der Waals surface area contributed by atoms with E-state index in [0.717, 1.165) is 26.9 Å². The van der Waals surface area contributed by atoms with Crippen LogP contribution in [0.3, 0.4) is 0 Å². The maximum Gasteiger partial charge on any atom is 0.130 e. The summed E-state index contributed by atoms with van der Waals surface area (Å²) in [5, 5.41) is 9.65. The molecule has 0 aromatic heterocycles. The van der Waals surface area contributed by atoms with Gasteiger partial charge < -0.3 is 9.84 Å². The van der Waals surface area contributed by atoms with Crippen LogP contribution in [0.5, 0.6) is 11.5 Å². The molecular weight excluding hydrogens is 304 g/mol. The zero-order valence-corrected chi connectivity index (χ0v) is 12.9. The van der Waals surface area contributed by atoms with Gasteiger partial charge in [0, 0.05) is 0 Å². The zero-order chi connectivity index (χ0) is 14.0. The van der Waals surface area contributed by atoms with E-state index in [0.29, 0.717) is 0 Å². The second-order valence-corrected chi connectivity index (χ2v) is 5.56. The summed E-state index contributed by atoms with van der Waals surface area (Å²) < 4.78 is 6.37. The molecule has 0 heterocycles. The van der Waals surface area contributed by atoms with E-state index in [1.807, 2.05) is 51.1 Å². The predicted molar refractivity (Wildman–Crippen MR) is 81.7 cm³/mol. The lowest BCUT2D eigenvalue weighted by Crippen LogP contribution is -2.05. The highest BCUT2D eigenvalue weighted by molar-refractivity contribution is 9.10. The van der Waals surface area contributed by atoms with Crippen molar-refractivity contribution in [2.75, 3.05) is 0 Å². The number of hydrogen-bond acceptors (Lipinski definition) is 2. The Labute approximate surface area is 122 Å². The molecule has 0 saturated carbocycles. The van der Waals surface area contributed by atoms with Crippen molar-refractivity contribution in [3.8, 4) is 22.6 Å². The Morgan fingerprint density at radius 1 is 1.05 bits per heavy atom. The topological polar surface area (TPSA) is 29.5 Å². The second kappa shape index (κ2) is 5.66. The number of benzene rings is 2. The van der Waals surface area contributed by atoms with Gasteiger partial charge in [-0.05, 0) is 71.6 Å². The van der Waals surface area contributed by atoms with E-state index < -0.39 is 0 Å². The quantitative estimate of drug-likeness (QED) is 0.870. The van der Waals surface area contributed by atoms with Gasteiger partial charge in [-0.15, -0.1) is 0 Å². The van der Waals surface area contributed by atoms with Gasteiger partial charge in [0.2, 0.25) is 0 Å². The van der Waals surface area contributed by atoms with Crippen LogP contribution >= 0.6 is 15.9 Å². The summed E-state index contributed by atoms with van der Waals surface area (Å²) >= 11 is 3.40. The minimum absolute atomic E-state index is 0.176. The predicted octanol–water partition coefficient (Wildman–Crippen LogP) is 4.92. The van der Waals surface area contributed by atoms with E-state index in [1.54, 1.807) is 6.07 Å². The monoisotopic (exact) mass is 320 g/mol. The lowest BCUT2D eigenvalue weighted by molar-refractivity contribution is 0.242. The molecule has 0 aliphatic rings. The van der Waals surface area contributed by atoms with Crippen molar-refractivity contribution < 1.29 is 9.84 Å². The Morgan fingerprint density at radius 3 is 2.26 bits per heavy atom. The number of ether oxygens (including phenoxy) is 1. The Morgan fingerprint density at radius 2 is 1.68 bits per heavy atom. The molecule has 0 fully saturated rings. The van der Waals surface area contributed by atoms with Gasteiger partial charge in [-0.25, -0.2) is 0 Å². The van der Waals surface area contributed by atoms with E-state index in [-0.39, 0.29) is 11.9 Å². The lowest BCUT2D eigenvalue weighted by Gasteiger charge is -2.12. The molecule has 19 heavy (non-hydrogen) atoms. The number of hydrogen-bond donors (Lipinski definition) is 1. The zero-order valence-electron chi connectivity index (χ0n) is 11.3. The third-order valence-corrected chi connectivity index (χ3v) is 3.90. The van der Waals surface area contributed by atoms with Gasteiger partial charge >= 0.3 is 0 Å². The summed E-state index contributed by atoms with van der Waals surface area (Å²) in [5.41, 5.74) is 3.23. The van der Waals surface area contributed by atoms with Crippen molar-refractivity contribution in [3.05, 3.63) is 46.4 Å². The average molecular weight is 321 g/mol. The summed E-state index contributed by atoms with van der Waals surface area (Å²) in [6.07, 6.45) is 0.176. The van der Waals surface area contributed by atoms with Crippen molar-refractivity contribution in [1.29, 1.82) is 0 Å². The first-order chi connectivity index (χ1) is 8.99. The molecule has 3 heteroatoms. The first-order valence-corrected chi connectivity index (χ1v) is 7.03. The Balaban J connectivity index is 2.35.